The molecule has 0 aliphatic rings. The van der Waals surface area contributed by atoms with Crippen LogP contribution in [0.2, 0.25) is 0 Å². The predicted molar refractivity (Wildman–Crippen MR) is 72.5 cm³/mol. The molecule has 1 N–H and O–H groups in total. The van der Waals surface area contributed by atoms with E-state index in [-0.39, 0.29) is 0 Å². The molecule has 0 bridgehead atoms. The minimum Gasteiger partial charge on any atom is -0.497 e. The Morgan fingerprint density at radius 1 is 1.00 bits per heavy atom. The zero-order valence-corrected chi connectivity index (χ0v) is 10.8. The van der Waals surface area contributed by atoms with Crippen LogP contribution >= 0.6 is 0 Å². The second kappa shape index (κ2) is 6.17. The molecule has 2 rings (SSSR count). The number of aryl methyl sites for hydroxylation is 1. The van der Waals surface area contributed by atoms with Crippen LogP contribution in [0.5, 0.6) is 5.75 Å². The van der Waals surface area contributed by atoms with Crippen molar-refractivity contribution in [2.45, 2.75) is 20.0 Å². The van der Waals surface area contributed by atoms with E-state index >= 15 is 0 Å². The third-order valence-electron chi connectivity index (χ3n) is 2.79. The molecule has 0 aliphatic heterocycles. The first-order valence-electron chi connectivity index (χ1n) is 6.03. The van der Waals surface area contributed by atoms with Gasteiger partial charge in [0.1, 0.15) is 5.75 Å². The van der Waals surface area contributed by atoms with Gasteiger partial charge in [-0.05, 0) is 36.2 Å². The number of pyridine rings is 1. The summed E-state index contributed by atoms with van der Waals surface area (Å²) in [4.78, 5) is 4.27. The van der Waals surface area contributed by atoms with Crippen LogP contribution in [0.3, 0.4) is 0 Å². The van der Waals surface area contributed by atoms with Crippen molar-refractivity contribution >= 4 is 0 Å². The molecular formula is C15H18N2O. The number of rotatable bonds is 5. The molecule has 3 heteroatoms. The summed E-state index contributed by atoms with van der Waals surface area (Å²) in [5.41, 5.74) is 3.50. The molecule has 0 atom stereocenters. The Balaban J connectivity index is 1.82. The summed E-state index contributed by atoms with van der Waals surface area (Å²) >= 11 is 0. The molecule has 0 radical (unpaired) electrons. The highest BCUT2D eigenvalue weighted by Crippen LogP contribution is 2.11. The number of nitrogens with zero attached hydrogens (tertiary/aromatic N) is 1. The largest absolute Gasteiger partial charge is 0.497 e. The summed E-state index contributed by atoms with van der Waals surface area (Å²) in [6.07, 6.45) is 1.91. The van der Waals surface area contributed by atoms with Crippen molar-refractivity contribution in [3.63, 3.8) is 0 Å². The van der Waals surface area contributed by atoms with Gasteiger partial charge in [-0.15, -0.1) is 0 Å². The minimum absolute atomic E-state index is 0.833. The summed E-state index contributed by atoms with van der Waals surface area (Å²) in [5.74, 6) is 0.890. The zero-order valence-electron chi connectivity index (χ0n) is 10.8. The Bertz CT molecular complexity index is 477. The van der Waals surface area contributed by atoms with E-state index < -0.39 is 0 Å². The fraction of sp³-hybridized carbons (Fsp3) is 0.267. The first kappa shape index (κ1) is 12.6. The molecule has 0 aliphatic carbocycles. The van der Waals surface area contributed by atoms with Crippen molar-refractivity contribution in [3.8, 4) is 5.75 Å². The van der Waals surface area contributed by atoms with Gasteiger partial charge in [0, 0.05) is 25.0 Å². The number of hydrogen-bond acceptors (Lipinski definition) is 3. The van der Waals surface area contributed by atoms with Crippen molar-refractivity contribution in [1.82, 2.24) is 10.3 Å². The van der Waals surface area contributed by atoms with Crippen molar-refractivity contribution in [2.24, 2.45) is 0 Å². The molecule has 2 aromatic rings. The second-order valence-corrected chi connectivity index (χ2v) is 4.26. The third kappa shape index (κ3) is 3.57. The lowest BCUT2D eigenvalue weighted by molar-refractivity contribution is 0.414. The second-order valence-electron chi connectivity index (χ2n) is 4.26. The normalized spacial score (nSPS) is 10.3. The van der Waals surface area contributed by atoms with E-state index in [1.165, 1.54) is 11.1 Å². The molecule has 94 valence electrons. The number of benzene rings is 1. The maximum Gasteiger partial charge on any atom is 0.118 e. The van der Waals surface area contributed by atoms with Gasteiger partial charge in [-0.25, -0.2) is 0 Å². The number of ether oxygens (including phenoxy) is 1. The molecule has 0 saturated heterocycles. The first-order chi connectivity index (χ1) is 8.78. The van der Waals surface area contributed by atoms with Crippen molar-refractivity contribution < 1.29 is 4.74 Å². The van der Waals surface area contributed by atoms with Crippen LogP contribution in [0.1, 0.15) is 16.8 Å². The molecule has 1 heterocycles. The summed E-state index contributed by atoms with van der Waals surface area (Å²) in [5, 5.41) is 3.39. The quantitative estimate of drug-likeness (QED) is 0.875. The molecule has 1 aromatic carbocycles. The number of methoxy groups -OCH3 is 1. The van der Waals surface area contributed by atoms with Crippen LogP contribution in [0.4, 0.5) is 0 Å². The summed E-state index contributed by atoms with van der Waals surface area (Å²) in [6, 6.07) is 12.2. The monoisotopic (exact) mass is 242 g/mol. The maximum absolute atomic E-state index is 5.13. The number of aromatic nitrogens is 1. The molecule has 0 saturated carbocycles. The number of nitrogens with one attached hydrogen (secondary N) is 1. The van der Waals surface area contributed by atoms with Gasteiger partial charge in [0.25, 0.3) is 0 Å². The molecule has 0 spiro atoms. The lowest BCUT2D eigenvalue weighted by Crippen LogP contribution is -2.12. The Morgan fingerprint density at radius 3 is 2.28 bits per heavy atom. The SMILES string of the molecule is COc1ccc(CNCc2ccc(C)nc2)cc1. The summed E-state index contributed by atoms with van der Waals surface area (Å²) in [6.45, 7) is 3.67. The van der Waals surface area contributed by atoms with Gasteiger partial charge in [0.2, 0.25) is 0 Å². The molecular weight excluding hydrogens is 224 g/mol. The highest BCUT2D eigenvalue weighted by molar-refractivity contribution is 5.27. The maximum atomic E-state index is 5.13. The van der Waals surface area contributed by atoms with E-state index in [4.69, 9.17) is 4.74 Å². The summed E-state index contributed by atoms with van der Waals surface area (Å²) in [7, 11) is 1.68. The Morgan fingerprint density at radius 2 is 1.67 bits per heavy atom. The smallest absolute Gasteiger partial charge is 0.118 e. The van der Waals surface area contributed by atoms with E-state index in [0.717, 1.165) is 24.5 Å². The Hall–Kier alpha value is -1.87. The molecule has 3 nitrogen and oxygen atoms in total. The Labute approximate surface area is 108 Å². The average Bonchev–Trinajstić information content (AvgIpc) is 2.42. The van der Waals surface area contributed by atoms with Gasteiger partial charge in [-0.1, -0.05) is 18.2 Å². The van der Waals surface area contributed by atoms with Gasteiger partial charge >= 0.3 is 0 Å². The van der Waals surface area contributed by atoms with Gasteiger partial charge in [-0.2, -0.15) is 0 Å². The van der Waals surface area contributed by atoms with Crippen molar-refractivity contribution in [2.75, 3.05) is 7.11 Å². The fourth-order valence-corrected chi connectivity index (χ4v) is 1.70. The molecule has 0 unspecified atom stereocenters. The van der Waals surface area contributed by atoms with Crippen LogP contribution in [-0.2, 0) is 13.1 Å². The van der Waals surface area contributed by atoms with Crippen molar-refractivity contribution in [1.29, 1.82) is 0 Å². The van der Waals surface area contributed by atoms with Gasteiger partial charge in [-0.3, -0.25) is 4.98 Å². The molecule has 18 heavy (non-hydrogen) atoms. The topological polar surface area (TPSA) is 34.1 Å². The fourth-order valence-electron chi connectivity index (χ4n) is 1.70. The third-order valence-corrected chi connectivity index (χ3v) is 2.79. The van der Waals surface area contributed by atoms with Crippen molar-refractivity contribution in [3.05, 3.63) is 59.4 Å². The van der Waals surface area contributed by atoms with E-state index in [1.54, 1.807) is 7.11 Å². The van der Waals surface area contributed by atoms with Crippen LogP contribution in [0.15, 0.2) is 42.6 Å². The molecule has 0 amide bonds. The van der Waals surface area contributed by atoms with E-state index in [9.17, 15) is 0 Å². The zero-order chi connectivity index (χ0) is 12.8. The lowest BCUT2D eigenvalue weighted by atomic mass is 10.2. The van der Waals surface area contributed by atoms with Gasteiger partial charge in [0.15, 0.2) is 0 Å². The number of hydrogen-bond donors (Lipinski definition) is 1. The van der Waals surface area contributed by atoms with Gasteiger partial charge in [0.05, 0.1) is 7.11 Å². The van der Waals surface area contributed by atoms with E-state index in [0.29, 0.717) is 0 Å². The van der Waals surface area contributed by atoms with Crippen LogP contribution in [-0.4, -0.2) is 12.1 Å². The Kier molecular flexibility index (Phi) is 4.31. The van der Waals surface area contributed by atoms with E-state index in [1.807, 2.05) is 31.3 Å². The highest BCUT2D eigenvalue weighted by Gasteiger charge is 1.96. The van der Waals surface area contributed by atoms with E-state index in [2.05, 4.69) is 28.5 Å². The first-order valence-corrected chi connectivity index (χ1v) is 6.03. The van der Waals surface area contributed by atoms with Crippen LogP contribution in [0, 0.1) is 6.92 Å². The highest BCUT2D eigenvalue weighted by atomic mass is 16.5. The standard InChI is InChI=1S/C15H18N2O/c1-12-3-4-14(11-17-12)10-16-9-13-5-7-15(18-2)8-6-13/h3-8,11,16H,9-10H2,1-2H3. The van der Waals surface area contributed by atoms with Gasteiger partial charge < -0.3 is 10.1 Å². The minimum atomic E-state index is 0.833. The molecule has 0 fully saturated rings. The molecule has 1 aromatic heterocycles. The van der Waals surface area contributed by atoms with Crippen LogP contribution < -0.4 is 10.1 Å². The average molecular weight is 242 g/mol. The predicted octanol–water partition coefficient (Wildman–Crippen LogP) is 2.69. The summed E-state index contributed by atoms with van der Waals surface area (Å²) < 4.78 is 5.13. The lowest BCUT2D eigenvalue weighted by Gasteiger charge is -2.06. The van der Waals surface area contributed by atoms with Crippen LogP contribution in [0.25, 0.3) is 0 Å².